The zero-order chi connectivity index (χ0) is 11.8. The molecule has 1 aliphatic rings. The van der Waals surface area contributed by atoms with Gasteiger partial charge in [-0.3, -0.25) is 0 Å². The molecule has 0 amide bonds. The van der Waals surface area contributed by atoms with E-state index in [0.29, 0.717) is 0 Å². The summed E-state index contributed by atoms with van der Waals surface area (Å²) < 4.78 is 2.18. The molecule has 1 aliphatic carbocycles. The number of fused-ring (bicyclic) bond motifs is 3. The molecule has 0 saturated carbocycles. The van der Waals surface area contributed by atoms with E-state index in [1.54, 1.807) is 0 Å². The molecule has 2 aromatic rings. The van der Waals surface area contributed by atoms with Crippen LogP contribution in [0, 0.1) is 5.92 Å². The molecule has 3 rings (SSSR count). The molecule has 0 saturated heterocycles. The van der Waals surface area contributed by atoms with Crippen LogP contribution in [0.25, 0.3) is 5.65 Å². The number of aryl methyl sites for hydroxylation is 1. The zero-order valence-electron chi connectivity index (χ0n) is 10.1. The number of nitrogens with zero attached hydrogens (tertiary/aromatic N) is 2. The number of aromatic nitrogens is 2. The third-order valence-corrected chi connectivity index (χ3v) is 3.96. The monoisotopic (exact) mass is 248 g/mol. The molecule has 0 spiro atoms. The number of hydrogen-bond donors (Lipinski definition) is 0. The molecule has 0 aliphatic heterocycles. The highest BCUT2D eigenvalue weighted by molar-refractivity contribution is 6.30. The van der Waals surface area contributed by atoms with Crippen LogP contribution < -0.4 is 0 Å². The summed E-state index contributed by atoms with van der Waals surface area (Å²) in [6.45, 7) is 2.26. The van der Waals surface area contributed by atoms with E-state index in [-0.39, 0.29) is 0 Å². The molecular formula is C14H17ClN2. The summed E-state index contributed by atoms with van der Waals surface area (Å²) in [5.74, 6) is 0.825. The van der Waals surface area contributed by atoms with Gasteiger partial charge in [0.05, 0.1) is 10.7 Å². The van der Waals surface area contributed by atoms with E-state index < -0.39 is 0 Å². The Hall–Kier alpha value is -1.02. The third-order valence-electron chi connectivity index (χ3n) is 3.73. The van der Waals surface area contributed by atoms with Gasteiger partial charge >= 0.3 is 0 Å². The summed E-state index contributed by atoms with van der Waals surface area (Å²) >= 11 is 6.07. The predicted octanol–water partition coefficient (Wildman–Crippen LogP) is 3.89. The molecule has 2 nitrogen and oxygen atoms in total. The quantitative estimate of drug-likeness (QED) is 0.788. The van der Waals surface area contributed by atoms with Gasteiger partial charge in [-0.25, -0.2) is 4.98 Å². The lowest BCUT2D eigenvalue weighted by atomic mass is 9.87. The molecule has 2 heterocycles. The fourth-order valence-electron chi connectivity index (χ4n) is 2.90. The van der Waals surface area contributed by atoms with Crippen molar-refractivity contribution in [2.24, 2.45) is 5.92 Å². The van der Waals surface area contributed by atoms with Crippen molar-refractivity contribution in [3.05, 3.63) is 34.7 Å². The second-order valence-electron chi connectivity index (χ2n) is 4.98. The minimum Gasteiger partial charge on any atom is -0.302 e. The molecule has 17 heavy (non-hydrogen) atoms. The van der Waals surface area contributed by atoms with Gasteiger partial charge in [-0.2, -0.15) is 0 Å². The van der Waals surface area contributed by atoms with Gasteiger partial charge in [-0.05, 0) is 37.3 Å². The Bertz CT molecular complexity index is 544. The van der Waals surface area contributed by atoms with Crippen LogP contribution in [0.3, 0.4) is 0 Å². The van der Waals surface area contributed by atoms with Gasteiger partial charge in [0.25, 0.3) is 0 Å². The molecular weight excluding hydrogens is 232 g/mol. The summed E-state index contributed by atoms with van der Waals surface area (Å²) in [5.41, 5.74) is 3.70. The zero-order valence-corrected chi connectivity index (χ0v) is 10.9. The Balaban J connectivity index is 2.04. The molecule has 0 aromatic carbocycles. The minimum atomic E-state index is 0.787. The van der Waals surface area contributed by atoms with Crippen LogP contribution in [0.4, 0.5) is 0 Å². The van der Waals surface area contributed by atoms with Crippen molar-refractivity contribution in [1.82, 2.24) is 9.38 Å². The minimum absolute atomic E-state index is 0.787. The third kappa shape index (κ3) is 1.95. The average Bonchev–Trinajstić information content (AvgIpc) is 2.67. The second kappa shape index (κ2) is 4.34. The summed E-state index contributed by atoms with van der Waals surface area (Å²) in [6, 6.07) is 3.92. The fourth-order valence-corrected chi connectivity index (χ4v) is 3.06. The Kier molecular flexibility index (Phi) is 2.83. The Morgan fingerprint density at radius 1 is 1.47 bits per heavy atom. The number of hydrogen-bond acceptors (Lipinski definition) is 1. The van der Waals surface area contributed by atoms with Gasteiger partial charge in [0.1, 0.15) is 5.65 Å². The highest BCUT2D eigenvalue weighted by atomic mass is 35.5. The smallest absolute Gasteiger partial charge is 0.137 e. The van der Waals surface area contributed by atoms with E-state index in [4.69, 9.17) is 16.6 Å². The first-order valence-electron chi connectivity index (χ1n) is 6.43. The van der Waals surface area contributed by atoms with Gasteiger partial charge < -0.3 is 4.40 Å². The normalized spacial score (nSPS) is 19.5. The van der Waals surface area contributed by atoms with E-state index in [0.717, 1.165) is 29.4 Å². The standard InChI is InChI=1S/C14H17ClN2/c1-2-3-10-4-6-12-13(8-10)17-9-11(15)5-7-14(17)16-12/h5,7,9-10H,2-4,6,8H2,1H3. The molecule has 1 atom stereocenters. The van der Waals surface area contributed by atoms with Crippen LogP contribution in [0.2, 0.25) is 5.02 Å². The first-order valence-corrected chi connectivity index (χ1v) is 6.81. The van der Waals surface area contributed by atoms with Crippen LogP contribution in [0.15, 0.2) is 18.3 Å². The molecule has 0 fully saturated rings. The maximum absolute atomic E-state index is 6.07. The van der Waals surface area contributed by atoms with E-state index >= 15 is 0 Å². The molecule has 0 N–H and O–H groups in total. The summed E-state index contributed by atoms with van der Waals surface area (Å²) in [7, 11) is 0. The summed E-state index contributed by atoms with van der Waals surface area (Å²) in [4.78, 5) is 4.69. The van der Waals surface area contributed by atoms with Crippen LogP contribution in [-0.2, 0) is 12.8 Å². The van der Waals surface area contributed by atoms with Crippen LogP contribution in [0.1, 0.15) is 37.6 Å². The number of pyridine rings is 1. The van der Waals surface area contributed by atoms with Gasteiger partial charge in [0.2, 0.25) is 0 Å². The van der Waals surface area contributed by atoms with Crippen molar-refractivity contribution in [1.29, 1.82) is 0 Å². The van der Waals surface area contributed by atoms with Gasteiger partial charge in [0.15, 0.2) is 0 Å². The molecule has 1 unspecified atom stereocenters. The summed E-state index contributed by atoms with van der Waals surface area (Å²) in [5, 5.41) is 0.787. The number of rotatable bonds is 2. The molecule has 90 valence electrons. The number of halogens is 1. The van der Waals surface area contributed by atoms with Crippen molar-refractivity contribution >= 4 is 17.2 Å². The molecule has 2 aromatic heterocycles. The van der Waals surface area contributed by atoms with Crippen molar-refractivity contribution in [3.63, 3.8) is 0 Å². The van der Waals surface area contributed by atoms with E-state index in [2.05, 4.69) is 11.3 Å². The Morgan fingerprint density at radius 2 is 2.35 bits per heavy atom. The van der Waals surface area contributed by atoms with Crippen molar-refractivity contribution in [2.45, 2.75) is 39.0 Å². The Morgan fingerprint density at radius 3 is 3.18 bits per heavy atom. The van der Waals surface area contributed by atoms with Crippen LogP contribution in [-0.4, -0.2) is 9.38 Å². The highest BCUT2D eigenvalue weighted by Crippen LogP contribution is 2.29. The maximum Gasteiger partial charge on any atom is 0.137 e. The lowest BCUT2D eigenvalue weighted by molar-refractivity contribution is 0.414. The van der Waals surface area contributed by atoms with E-state index in [1.165, 1.54) is 30.7 Å². The fraction of sp³-hybridized carbons (Fsp3) is 0.500. The molecule has 3 heteroatoms. The second-order valence-corrected chi connectivity index (χ2v) is 5.41. The van der Waals surface area contributed by atoms with Crippen molar-refractivity contribution in [2.75, 3.05) is 0 Å². The highest BCUT2D eigenvalue weighted by Gasteiger charge is 2.22. The van der Waals surface area contributed by atoms with Crippen LogP contribution >= 0.6 is 11.6 Å². The maximum atomic E-state index is 6.07. The van der Waals surface area contributed by atoms with Crippen LogP contribution in [0.5, 0.6) is 0 Å². The van der Waals surface area contributed by atoms with Gasteiger partial charge in [-0.15, -0.1) is 0 Å². The lowest BCUT2D eigenvalue weighted by Crippen LogP contribution is -2.15. The van der Waals surface area contributed by atoms with Gasteiger partial charge in [-0.1, -0.05) is 31.4 Å². The van der Waals surface area contributed by atoms with E-state index in [9.17, 15) is 0 Å². The topological polar surface area (TPSA) is 17.3 Å². The Labute approximate surface area is 107 Å². The van der Waals surface area contributed by atoms with Crippen molar-refractivity contribution < 1.29 is 0 Å². The molecule has 0 radical (unpaired) electrons. The largest absolute Gasteiger partial charge is 0.302 e. The average molecular weight is 249 g/mol. The van der Waals surface area contributed by atoms with E-state index in [1.807, 2.05) is 18.3 Å². The van der Waals surface area contributed by atoms with Gasteiger partial charge in [0, 0.05) is 11.9 Å². The SMILES string of the molecule is CCCC1CCc2nc3ccc(Cl)cn3c2C1. The first kappa shape index (κ1) is 11.1. The molecule has 0 bridgehead atoms. The lowest BCUT2D eigenvalue weighted by Gasteiger charge is -2.21. The van der Waals surface area contributed by atoms with Crippen molar-refractivity contribution in [3.8, 4) is 0 Å². The number of imidazole rings is 1. The summed E-state index contributed by atoms with van der Waals surface area (Å²) in [6.07, 6.45) is 8.17. The predicted molar refractivity (Wildman–Crippen MR) is 70.6 cm³/mol. The first-order chi connectivity index (χ1) is 8.28.